The second-order valence-electron chi connectivity index (χ2n) is 4.62. The molecule has 17 heavy (non-hydrogen) atoms. The van der Waals surface area contributed by atoms with Gasteiger partial charge in [0.2, 0.25) is 5.82 Å². The zero-order valence-corrected chi connectivity index (χ0v) is 10.2. The fraction of sp³-hybridized carbons (Fsp3) is 0.538. The van der Waals surface area contributed by atoms with Crippen LogP contribution in [0.4, 0.5) is 4.39 Å². The molecule has 0 saturated heterocycles. The van der Waals surface area contributed by atoms with Crippen LogP contribution in [0.3, 0.4) is 0 Å². The number of rotatable bonds is 4. The van der Waals surface area contributed by atoms with Crippen LogP contribution in [0.5, 0.6) is 11.5 Å². The quantitative estimate of drug-likeness (QED) is 0.846. The average Bonchev–Trinajstić information content (AvgIpc) is 3.13. The Hall–Kier alpha value is -1.29. The summed E-state index contributed by atoms with van der Waals surface area (Å²) in [7, 11) is 1.41. The van der Waals surface area contributed by atoms with E-state index in [0.717, 1.165) is 18.4 Å². The molecule has 0 amide bonds. The third-order valence-corrected chi connectivity index (χ3v) is 3.67. The van der Waals surface area contributed by atoms with Crippen LogP contribution >= 0.6 is 0 Å². The number of hydrogen-bond donors (Lipinski definition) is 2. The van der Waals surface area contributed by atoms with Gasteiger partial charge < -0.3 is 15.6 Å². The van der Waals surface area contributed by atoms with Crippen molar-refractivity contribution in [3.05, 3.63) is 23.0 Å². The molecule has 0 radical (unpaired) electrons. The summed E-state index contributed by atoms with van der Waals surface area (Å²) in [5, 5.41) is 9.93. The van der Waals surface area contributed by atoms with Crippen LogP contribution in [0, 0.1) is 5.82 Å². The molecule has 1 aromatic rings. The van der Waals surface area contributed by atoms with Crippen molar-refractivity contribution in [1.29, 1.82) is 0 Å². The van der Waals surface area contributed by atoms with Crippen molar-refractivity contribution in [3.63, 3.8) is 0 Å². The molecule has 1 aromatic carbocycles. The molecule has 0 aliphatic heterocycles. The van der Waals surface area contributed by atoms with Crippen LogP contribution in [0.1, 0.15) is 30.9 Å². The Kier molecular flexibility index (Phi) is 3.00. The second-order valence-corrected chi connectivity index (χ2v) is 4.62. The summed E-state index contributed by atoms with van der Waals surface area (Å²) in [6, 6.07) is 1.83. The largest absolute Gasteiger partial charge is 0.505 e. The van der Waals surface area contributed by atoms with Crippen LogP contribution in [0.15, 0.2) is 6.07 Å². The molecule has 94 valence electrons. The first-order valence-corrected chi connectivity index (χ1v) is 5.88. The van der Waals surface area contributed by atoms with E-state index in [2.05, 4.69) is 0 Å². The number of nitrogens with two attached hydrogens (primary N) is 1. The normalized spacial score (nSPS) is 16.9. The molecule has 0 atom stereocenters. The lowest BCUT2D eigenvalue weighted by atomic mass is 9.92. The number of hydrogen-bond acceptors (Lipinski definition) is 3. The predicted molar refractivity (Wildman–Crippen MR) is 64.0 cm³/mol. The van der Waals surface area contributed by atoms with E-state index in [9.17, 15) is 9.50 Å². The highest BCUT2D eigenvalue weighted by atomic mass is 19.1. The van der Waals surface area contributed by atoms with E-state index in [4.69, 9.17) is 10.5 Å². The molecule has 0 unspecified atom stereocenters. The first kappa shape index (κ1) is 12.2. The molecule has 1 saturated carbocycles. The van der Waals surface area contributed by atoms with Crippen molar-refractivity contribution < 1.29 is 14.2 Å². The summed E-state index contributed by atoms with van der Waals surface area (Å²) in [6.07, 6.45) is 2.48. The Morgan fingerprint density at radius 3 is 2.59 bits per heavy atom. The zero-order valence-electron chi connectivity index (χ0n) is 10.2. The first-order chi connectivity index (χ1) is 8.09. The topological polar surface area (TPSA) is 55.5 Å². The minimum absolute atomic E-state index is 0.140. The van der Waals surface area contributed by atoms with E-state index in [0.29, 0.717) is 18.5 Å². The molecular weight excluding hydrogens is 221 g/mol. The van der Waals surface area contributed by atoms with Crippen molar-refractivity contribution in [2.45, 2.75) is 31.6 Å². The monoisotopic (exact) mass is 239 g/mol. The SMILES string of the molecule is CCc1cc(C2(CN)CC2)c(O)c(F)c1OC. The fourth-order valence-electron chi connectivity index (χ4n) is 2.30. The van der Waals surface area contributed by atoms with Crippen LogP contribution in [-0.2, 0) is 11.8 Å². The van der Waals surface area contributed by atoms with Gasteiger partial charge in [0.1, 0.15) is 0 Å². The lowest BCUT2D eigenvalue weighted by Crippen LogP contribution is -2.20. The second kappa shape index (κ2) is 4.18. The minimum atomic E-state index is -0.665. The van der Waals surface area contributed by atoms with Gasteiger partial charge >= 0.3 is 0 Å². The smallest absolute Gasteiger partial charge is 0.207 e. The van der Waals surface area contributed by atoms with Gasteiger partial charge in [-0.1, -0.05) is 6.92 Å². The lowest BCUT2D eigenvalue weighted by Gasteiger charge is -2.18. The third-order valence-electron chi connectivity index (χ3n) is 3.67. The first-order valence-electron chi connectivity index (χ1n) is 5.88. The van der Waals surface area contributed by atoms with Crippen LogP contribution in [-0.4, -0.2) is 18.8 Å². The molecule has 1 aliphatic carbocycles. The van der Waals surface area contributed by atoms with Gasteiger partial charge in [-0.2, -0.15) is 4.39 Å². The maximum absolute atomic E-state index is 14.0. The minimum Gasteiger partial charge on any atom is -0.505 e. The zero-order chi connectivity index (χ0) is 12.6. The number of benzene rings is 1. The molecule has 1 aliphatic rings. The number of ether oxygens (including phenoxy) is 1. The van der Waals surface area contributed by atoms with Crippen molar-refractivity contribution in [3.8, 4) is 11.5 Å². The molecule has 2 rings (SSSR count). The molecule has 3 N–H and O–H groups in total. The van der Waals surface area contributed by atoms with Gasteiger partial charge in [0.25, 0.3) is 0 Å². The van der Waals surface area contributed by atoms with E-state index in [1.54, 1.807) is 0 Å². The highest BCUT2D eigenvalue weighted by molar-refractivity contribution is 5.52. The Bertz CT molecular complexity index is 442. The molecule has 1 fully saturated rings. The van der Waals surface area contributed by atoms with Crippen molar-refractivity contribution in [2.75, 3.05) is 13.7 Å². The maximum atomic E-state index is 14.0. The van der Waals surface area contributed by atoms with Gasteiger partial charge in [-0.15, -0.1) is 0 Å². The third kappa shape index (κ3) is 1.76. The van der Waals surface area contributed by atoms with E-state index >= 15 is 0 Å². The van der Waals surface area contributed by atoms with E-state index in [1.807, 2.05) is 13.0 Å². The maximum Gasteiger partial charge on any atom is 0.207 e. The number of aromatic hydroxyl groups is 1. The Morgan fingerprint density at radius 1 is 1.53 bits per heavy atom. The van der Waals surface area contributed by atoms with Gasteiger partial charge in [0, 0.05) is 17.5 Å². The van der Waals surface area contributed by atoms with Crippen LogP contribution < -0.4 is 10.5 Å². The fourth-order valence-corrected chi connectivity index (χ4v) is 2.30. The summed E-state index contributed by atoms with van der Waals surface area (Å²) in [5.41, 5.74) is 6.91. The standard InChI is InChI=1S/C13H18FNO2/c1-3-8-6-9(13(7-15)4-5-13)11(16)10(14)12(8)17-2/h6,16H,3-5,7,15H2,1-2H3. The van der Waals surface area contributed by atoms with Gasteiger partial charge in [-0.3, -0.25) is 0 Å². The van der Waals surface area contributed by atoms with Crippen LogP contribution in [0.25, 0.3) is 0 Å². The van der Waals surface area contributed by atoms with Gasteiger partial charge in [-0.25, -0.2) is 0 Å². The Labute approximate surface area is 100 Å². The van der Waals surface area contributed by atoms with E-state index in [-0.39, 0.29) is 16.9 Å². The molecule has 0 heterocycles. The van der Waals surface area contributed by atoms with Gasteiger partial charge in [-0.05, 0) is 30.9 Å². The van der Waals surface area contributed by atoms with E-state index in [1.165, 1.54) is 7.11 Å². The number of aryl methyl sites for hydroxylation is 1. The molecule has 0 spiro atoms. The van der Waals surface area contributed by atoms with Crippen molar-refractivity contribution in [1.82, 2.24) is 0 Å². The summed E-state index contributed by atoms with van der Waals surface area (Å²) in [5.74, 6) is -0.829. The summed E-state index contributed by atoms with van der Waals surface area (Å²) in [4.78, 5) is 0. The van der Waals surface area contributed by atoms with Crippen LogP contribution in [0.2, 0.25) is 0 Å². The highest BCUT2D eigenvalue weighted by Gasteiger charge is 2.45. The van der Waals surface area contributed by atoms with Crippen molar-refractivity contribution in [2.24, 2.45) is 5.73 Å². The summed E-state index contributed by atoms with van der Waals surface area (Å²) in [6.45, 7) is 2.37. The van der Waals surface area contributed by atoms with Gasteiger partial charge in [0.05, 0.1) is 7.11 Å². The Morgan fingerprint density at radius 2 is 2.18 bits per heavy atom. The molecule has 0 aromatic heterocycles. The average molecular weight is 239 g/mol. The predicted octanol–water partition coefficient (Wildman–Crippen LogP) is 2.09. The Balaban J connectivity index is 2.58. The number of phenols is 1. The van der Waals surface area contributed by atoms with E-state index < -0.39 is 5.82 Å². The summed E-state index contributed by atoms with van der Waals surface area (Å²) >= 11 is 0. The van der Waals surface area contributed by atoms with Gasteiger partial charge in [0.15, 0.2) is 11.5 Å². The molecule has 0 bridgehead atoms. The number of phenolic OH excluding ortho intramolecular Hbond substituents is 1. The highest BCUT2D eigenvalue weighted by Crippen LogP contribution is 2.52. The summed E-state index contributed by atoms with van der Waals surface area (Å²) < 4.78 is 19.0. The molecular formula is C13H18FNO2. The molecule has 4 heteroatoms. The lowest BCUT2D eigenvalue weighted by molar-refractivity contribution is 0.356. The molecule has 3 nitrogen and oxygen atoms in total. The van der Waals surface area contributed by atoms with Crippen molar-refractivity contribution >= 4 is 0 Å². The number of halogens is 1. The number of methoxy groups -OCH3 is 1.